The Kier molecular flexibility index (Phi) is 5.85. The van der Waals surface area contributed by atoms with Crippen LogP contribution in [0, 0.1) is 0 Å². The summed E-state index contributed by atoms with van der Waals surface area (Å²) in [6, 6.07) is 9.43. The second kappa shape index (κ2) is 7.25. The van der Waals surface area contributed by atoms with Gasteiger partial charge in [0.15, 0.2) is 9.84 Å². The van der Waals surface area contributed by atoms with Crippen molar-refractivity contribution in [1.82, 2.24) is 4.31 Å². The van der Waals surface area contributed by atoms with Gasteiger partial charge in [0.1, 0.15) is 0 Å². The van der Waals surface area contributed by atoms with Crippen molar-refractivity contribution in [2.24, 2.45) is 0 Å². The molecule has 0 aliphatic carbocycles. The molecule has 0 bridgehead atoms. The molecule has 0 saturated heterocycles. The first-order valence-corrected chi connectivity index (χ1v) is 11.3. The Morgan fingerprint density at radius 2 is 1.44 bits per heavy atom. The molecule has 0 saturated carbocycles. The minimum absolute atomic E-state index is 0.000615. The highest BCUT2D eigenvalue weighted by atomic mass is 35.5. The number of hydrogen-bond acceptors (Lipinski definition) is 4. The lowest BCUT2D eigenvalue weighted by atomic mass is 10.1. The Bertz CT molecular complexity index is 987. The number of hydrogen-bond donors (Lipinski definition) is 0. The zero-order valence-electron chi connectivity index (χ0n) is 13.8. The van der Waals surface area contributed by atoms with Crippen LogP contribution in [0.15, 0.2) is 52.3 Å². The first-order chi connectivity index (χ1) is 11.4. The third-order valence-electron chi connectivity index (χ3n) is 3.89. The highest BCUT2D eigenvalue weighted by Gasteiger charge is 2.27. The predicted octanol–water partition coefficient (Wildman–Crippen LogP) is 3.78. The molecule has 0 aliphatic heterocycles. The summed E-state index contributed by atoms with van der Waals surface area (Å²) in [7, 11) is -5.78. The number of rotatable bonds is 5. The van der Waals surface area contributed by atoms with Gasteiger partial charge >= 0.3 is 0 Å². The van der Waals surface area contributed by atoms with Crippen molar-refractivity contribution in [3.8, 4) is 0 Å². The molecule has 2 aromatic rings. The fourth-order valence-corrected chi connectivity index (χ4v) is 4.81. The van der Waals surface area contributed by atoms with E-state index in [2.05, 4.69) is 0 Å². The summed E-state index contributed by atoms with van der Waals surface area (Å²) >= 11 is 12.0. The minimum Gasteiger partial charge on any atom is -0.224 e. The van der Waals surface area contributed by atoms with Crippen molar-refractivity contribution in [2.75, 3.05) is 13.3 Å². The molecule has 9 heteroatoms. The third kappa shape index (κ3) is 4.35. The van der Waals surface area contributed by atoms with E-state index in [4.69, 9.17) is 23.2 Å². The molecule has 136 valence electrons. The standard InChI is InChI=1S/C16H17Cl2NO4S2/c1-11(15-9-4-12(17)10-16(15)18)19(2)25(22,23)14-7-5-13(6-8-14)24(3,20)21/h4-11H,1-3H3/t11-/m0/s1. The van der Waals surface area contributed by atoms with Crippen molar-refractivity contribution in [3.63, 3.8) is 0 Å². The third-order valence-corrected chi connectivity index (χ3v) is 7.52. The van der Waals surface area contributed by atoms with E-state index in [9.17, 15) is 16.8 Å². The smallest absolute Gasteiger partial charge is 0.224 e. The van der Waals surface area contributed by atoms with Gasteiger partial charge in [-0.1, -0.05) is 29.3 Å². The maximum Gasteiger partial charge on any atom is 0.243 e. The normalized spacial score (nSPS) is 13.8. The van der Waals surface area contributed by atoms with Crippen molar-refractivity contribution in [2.45, 2.75) is 22.8 Å². The van der Waals surface area contributed by atoms with Crippen LogP contribution < -0.4 is 0 Å². The van der Waals surface area contributed by atoms with Crippen molar-refractivity contribution in [3.05, 3.63) is 58.1 Å². The maximum atomic E-state index is 12.8. The van der Waals surface area contributed by atoms with Crippen molar-refractivity contribution >= 4 is 43.1 Å². The number of benzene rings is 2. The molecule has 0 heterocycles. The summed E-state index contributed by atoms with van der Waals surface area (Å²) in [5, 5.41) is 0.831. The average molecular weight is 422 g/mol. The predicted molar refractivity (Wildman–Crippen MR) is 99.4 cm³/mol. The lowest BCUT2D eigenvalue weighted by molar-refractivity contribution is 0.398. The Morgan fingerprint density at radius 1 is 0.920 bits per heavy atom. The van der Waals surface area contributed by atoms with Gasteiger partial charge in [0.25, 0.3) is 0 Å². The lowest BCUT2D eigenvalue weighted by Gasteiger charge is -2.25. The number of sulfonamides is 1. The lowest BCUT2D eigenvalue weighted by Crippen LogP contribution is -2.30. The van der Waals surface area contributed by atoms with E-state index in [-0.39, 0.29) is 9.79 Å². The van der Waals surface area contributed by atoms with E-state index in [1.54, 1.807) is 25.1 Å². The van der Waals surface area contributed by atoms with Crippen LogP contribution in [-0.2, 0) is 19.9 Å². The van der Waals surface area contributed by atoms with Crippen LogP contribution in [0.2, 0.25) is 10.0 Å². The van der Waals surface area contributed by atoms with Crippen LogP contribution in [0.25, 0.3) is 0 Å². The van der Waals surface area contributed by atoms with Crippen LogP contribution in [-0.4, -0.2) is 34.4 Å². The van der Waals surface area contributed by atoms with Gasteiger partial charge in [-0.3, -0.25) is 0 Å². The zero-order chi connectivity index (χ0) is 19.0. The first-order valence-electron chi connectivity index (χ1n) is 7.17. The van der Waals surface area contributed by atoms with Crippen LogP contribution in [0.4, 0.5) is 0 Å². The Hall–Kier alpha value is -1.12. The summed E-state index contributed by atoms with van der Waals surface area (Å²) in [5.74, 6) is 0. The molecular formula is C16H17Cl2NO4S2. The summed E-state index contributed by atoms with van der Waals surface area (Å²) in [6.07, 6.45) is 1.06. The Morgan fingerprint density at radius 3 is 1.92 bits per heavy atom. The van der Waals surface area contributed by atoms with Gasteiger partial charge in [0.05, 0.1) is 9.79 Å². The molecule has 0 aromatic heterocycles. The Labute approximate surface area is 158 Å². The molecule has 0 unspecified atom stereocenters. The summed E-state index contributed by atoms with van der Waals surface area (Å²) in [4.78, 5) is 0.0576. The molecule has 5 nitrogen and oxygen atoms in total. The van der Waals surface area contributed by atoms with Crippen LogP contribution in [0.5, 0.6) is 0 Å². The van der Waals surface area contributed by atoms with Gasteiger partial charge in [-0.2, -0.15) is 4.31 Å². The molecule has 0 N–H and O–H groups in total. The molecule has 1 atom stereocenters. The number of halogens is 2. The molecule has 0 amide bonds. The maximum absolute atomic E-state index is 12.8. The van der Waals surface area contributed by atoms with E-state index < -0.39 is 25.9 Å². The van der Waals surface area contributed by atoms with Crippen LogP contribution >= 0.6 is 23.2 Å². The van der Waals surface area contributed by atoms with Crippen LogP contribution in [0.3, 0.4) is 0 Å². The van der Waals surface area contributed by atoms with Crippen molar-refractivity contribution in [1.29, 1.82) is 0 Å². The molecule has 0 fully saturated rings. The van der Waals surface area contributed by atoms with E-state index in [0.717, 1.165) is 6.26 Å². The zero-order valence-corrected chi connectivity index (χ0v) is 16.9. The van der Waals surface area contributed by atoms with E-state index >= 15 is 0 Å². The van der Waals surface area contributed by atoms with Gasteiger partial charge in [0, 0.05) is 29.4 Å². The average Bonchev–Trinajstić information content (AvgIpc) is 2.53. The molecular weight excluding hydrogens is 405 g/mol. The molecule has 0 aliphatic rings. The van der Waals surface area contributed by atoms with Gasteiger partial charge in [-0.15, -0.1) is 0 Å². The van der Waals surface area contributed by atoms with E-state index in [0.29, 0.717) is 15.6 Å². The second-order valence-electron chi connectivity index (χ2n) is 5.61. The van der Waals surface area contributed by atoms with Crippen molar-refractivity contribution < 1.29 is 16.8 Å². The fraction of sp³-hybridized carbons (Fsp3) is 0.250. The highest BCUT2D eigenvalue weighted by Crippen LogP contribution is 2.32. The van der Waals surface area contributed by atoms with E-state index in [1.165, 1.54) is 35.6 Å². The van der Waals surface area contributed by atoms with Gasteiger partial charge in [-0.05, 0) is 48.9 Å². The molecule has 2 rings (SSSR count). The van der Waals surface area contributed by atoms with E-state index in [1.807, 2.05) is 0 Å². The number of sulfone groups is 1. The van der Waals surface area contributed by atoms with Gasteiger partial charge < -0.3 is 0 Å². The second-order valence-corrected chi connectivity index (χ2v) is 10.5. The summed E-state index contributed by atoms with van der Waals surface area (Å²) in [5.41, 5.74) is 0.616. The minimum atomic E-state index is -3.83. The largest absolute Gasteiger partial charge is 0.243 e. The molecule has 2 aromatic carbocycles. The van der Waals surface area contributed by atoms with Gasteiger partial charge in [-0.25, -0.2) is 16.8 Å². The Balaban J connectivity index is 2.38. The SMILES string of the molecule is C[C@@H](c1ccc(Cl)cc1Cl)N(C)S(=O)(=O)c1ccc(S(C)(=O)=O)cc1. The molecule has 0 spiro atoms. The van der Waals surface area contributed by atoms with Crippen LogP contribution in [0.1, 0.15) is 18.5 Å². The summed E-state index contributed by atoms with van der Waals surface area (Å²) in [6.45, 7) is 1.71. The monoisotopic (exact) mass is 421 g/mol. The quantitative estimate of drug-likeness (QED) is 0.735. The number of nitrogens with zero attached hydrogens (tertiary/aromatic N) is 1. The van der Waals surface area contributed by atoms with Gasteiger partial charge in [0.2, 0.25) is 10.0 Å². The topological polar surface area (TPSA) is 71.5 Å². The highest BCUT2D eigenvalue weighted by molar-refractivity contribution is 7.90. The first kappa shape index (κ1) is 20.2. The molecule has 0 radical (unpaired) electrons. The summed E-state index contributed by atoms with van der Waals surface area (Å²) < 4.78 is 49.8. The molecule has 25 heavy (non-hydrogen) atoms. The fourth-order valence-electron chi connectivity index (χ4n) is 2.27.